The number of hydrogen-bond donors (Lipinski definition) is 1. The maximum absolute atomic E-state index is 13.6. The van der Waals surface area contributed by atoms with Crippen LogP contribution in [0.3, 0.4) is 0 Å². The van der Waals surface area contributed by atoms with Gasteiger partial charge in [-0.3, -0.25) is 0 Å². The van der Waals surface area contributed by atoms with Crippen molar-refractivity contribution in [2.45, 2.75) is 38.0 Å². The Morgan fingerprint density at radius 1 is 1.35 bits per heavy atom. The number of rotatable bonds is 3. The first-order chi connectivity index (χ1) is 8.13. The Hall–Kier alpha value is -1.09. The number of halogens is 1. The molecule has 94 valence electrons. The van der Waals surface area contributed by atoms with Crippen LogP contribution in [0, 0.1) is 12.7 Å². The molecule has 0 atom stereocenters. The van der Waals surface area contributed by atoms with Crippen LogP contribution < -0.4 is 10.5 Å². The highest BCUT2D eigenvalue weighted by Gasteiger charge is 2.36. The first-order valence-electron chi connectivity index (χ1n) is 6.17. The van der Waals surface area contributed by atoms with Gasteiger partial charge < -0.3 is 10.5 Å². The zero-order chi connectivity index (χ0) is 12.5. The molecule has 0 amide bonds. The molecule has 1 aliphatic carbocycles. The zero-order valence-corrected chi connectivity index (χ0v) is 10.6. The van der Waals surface area contributed by atoms with Gasteiger partial charge in [0, 0.05) is 23.6 Å². The van der Waals surface area contributed by atoms with Crippen molar-refractivity contribution in [1.82, 2.24) is 0 Å². The highest BCUT2D eigenvalue weighted by atomic mass is 19.1. The quantitative estimate of drug-likeness (QED) is 0.877. The SMILES string of the molecule is COc1cc(F)c(C)cc1C1(CN)CCCC1. The molecule has 17 heavy (non-hydrogen) atoms. The van der Waals surface area contributed by atoms with E-state index in [9.17, 15) is 4.39 Å². The Labute approximate surface area is 102 Å². The third-order valence-electron chi connectivity index (χ3n) is 4.00. The molecule has 1 aromatic carbocycles. The first-order valence-corrected chi connectivity index (χ1v) is 6.17. The molecule has 0 unspecified atom stereocenters. The minimum absolute atomic E-state index is 0.0101. The van der Waals surface area contributed by atoms with Crippen LogP contribution in [-0.2, 0) is 5.41 Å². The number of aryl methyl sites for hydroxylation is 1. The van der Waals surface area contributed by atoms with Crippen molar-refractivity contribution < 1.29 is 9.13 Å². The van der Waals surface area contributed by atoms with Gasteiger partial charge in [0.2, 0.25) is 0 Å². The summed E-state index contributed by atoms with van der Waals surface area (Å²) in [6, 6.07) is 3.40. The van der Waals surface area contributed by atoms with Crippen LogP contribution in [0.15, 0.2) is 12.1 Å². The summed E-state index contributed by atoms with van der Waals surface area (Å²) < 4.78 is 18.9. The number of nitrogens with two attached hydrogens (primary N) is 1. The summed E-state index contributed by atoms with van der Waals surface area (Å²) in [5, 5.41) is 0. The number of benzene rings is 1. The summed E-state index contributed by atoms with van der Waals surface area (Å²) in [4.78, 5) is 0. The van der Waals surface area contributed by atoms with E-state index in [0.29, 0.717) is 17.9 Å². The van der Waals surface area contributed by atoms with Crippen LogP contribution in [0.4, 0.5) is 4.39 Å². The van der Waals surface area contributed by atoms with E-state index in [2.05, 4.69) is 0 Å². The minimum atomic E-state index is -0.212. The second-order valence-electron chi connectivity index (χ2n) is 4.99. The summed E-state index contributed by atoms with van der Waals surface area (Å²) >= 11 is 0. The Bertz CT molecular complexity index is 411. The third kappa shape index (κ3) is 2.04. The maximum Gasteiger partial charge on any atom is 0.129 e. The van der Waals surface area contributed by atoms with Gasteiger partial charge in [-0.25, -0.2) is 4.39 Å². The molecule has 0 bridgehead atoms. The second kappa shape index (κ2) is 4.65. The van der Waals surface area contributed by atoms with E-state index in [1.54, 1.807) is 14.0 Å². The van der Waals surface area contributed by atoms with Gasteiger partial charge in [0.05, 0.1) is 7.11 Å². The van der Waals surface area contributed by atoms with Crippen molar-refractivity contribution in [3.8, 4) is 5.75 Å². The van der Waals surface area contributed by atoms with Gasteiger partial charge >= 0.3 is 0 Å². The summed E-state index contributed by atoms with van der Waals surface area (Å²) in [6.07, 6.45) is 4.53. The number of methoxy groups -OCH3 is 1. The van der Waals surface area contributed by atoms with Crippen molar-refractivity contribution in [1.29, 1.82) is 0 Å². The summed E-state index contributed by atoms with van der Waals surface area (Å²) in [7, 11) is 1.59. The van der Waals surface area contributed by atoms with Crippen LogP contribution in [0.5, 0.6) is 5.75 Å². The standard InChI is InChI=1S/C14H20FNO/c1-10-7-11(13(17-2)8-12(10)15)14(9-16)5-3-4-6-14/h7-8H,3-6,9,16H2,1-2H3. The fourth-order valence-corrected chi connectivity index (χ4v) is 2.88. The third-order valence-corrected chi connectivity index (χ3v) is 4.00. The lowest BCUT2D eigenvalue weighted by Gasteiger charge is -2.30. The van der Waals surface area contributed by atoms with E-state index in [4.69, 9.17) is 10.5 Å². The molecule has 0 aliphatic heterocycles. The molecular weight excluding hydrogens is 217 g/mol. The second-order valence-corrected chi connectivity index (χ2v) is 4.99. The lowest BCUT2D eigenvalue weighted by Crippen LogP contribution is -2.32. The van der Waals surface area contributed by atoms with Crippen LogP contribution >= 0.6 is 0 Å². The highest BCUT2D eigenvalue weighted by molar-refractivity contribution is 5.44. The van der Waals surface area contributed by atoms with Gasteiger partial charge in [-0.05, 0) is 31.4 Å². The predicted molar refractivity (Wildman–Crippen MR) is 66.9 cm³/mol. The van der Waals surface area contributed by atoms with Crippen LogP contribution in [0.2, 0.25) is 0 Å². The molecule has 2 rings (SSSR count). The van der Waals surface area contributed by atoms with Crippen molar-refractivity contribution in [2.24, 2.45) is 5.73 Å². The topological polar surface area (TPSA) is 35.2 Å². The Balaban J connectivity index is 2.52. The van der Waals surface area contributed by atoms with Crippen LogP contribution in [0.25, 0.3) is 0 Å². The Morgan fingerprint density at radius 3 is 2.53 bits per heavy atom. The van der Waals surface area contributed by atoms with E-state index >= 15 is 0 Å². The van der Waals surface area contributed by atoms with Crippen molar-refractivity contribution in [2.75, 3.05) is 13.7 Å². The van der Waals surface area contributed by atoms with Gasteiger partial charge in [-0.15, -0.1) is 0 Å². The number of ether oxygens (including phenoxy) is 1. The van der Waals surface area contributed by atoms with E-state index in [-0.39, 0.29) is 11.2 Å². The zero-order valence-electron chi connectivity index (χ0n) is 10.6. The average molecular weight is 237 g/mol. The first kappa shape index (κ1) is 12.4. The summed E-state index contributed by atoms with van der Waals surface area (Å²) in [6.45, 7) is 2.39. The number of hydrogen-bond acceptors (Lipinski definition) is 2. The molecule has 1 fully saturated rings. The monoisotopic (exact) mass is 237 g/mol. The van der Waals surface area contributed by atoms with E-state index in [1.807, 2.05) is 6.07 Å². The lowest BCUT2D eigenvalue weighted by atomic mass is 9.78. The molecule has 0 heterocycles. The van der Waals surface area contributed by atoms with Gasteiger partial charge in [0.1, 0.15) is 11.6 Å². The van der Waals surface area contributed by atoms with Gasteiger partial charge in [0.25, 0.3) is 0 Å². The van der Waals surface area contributed by atoms with Gasteiger partial charge in [-0.2, -0.15) is 0 Å². The van der Waals surface area contributed by atoms with E-state index in [0.717, 1.165) is 18.4 Å². The molecule has 1 aliphatic rings. The molecular formula is C14H20FNO. The molecule has 0 saturated heterocycles. The normalized spacial score (nSPS) is 18.4. The van der Waals surface area contributed by atoms with Gasteiger partial charge in [-0.1, -0.05) is 12.8 Å². The van der Waals surface area contributed by atoms with Crippen LogP contribution in [0.1, 0.15) is 36.8 Å². The van der Waals surface area contributed by atoms with Gasteiger partial charge in [0.15, 0.2) is 0 Å². The molecule has 0 radical (unpaired) electrons. The average Bonchev–Trinajstić information content (AvgIpc) is 2.82. The van der Waals surface area contributed by atoms with Crippen LogP contribution in [-0.4, -0.2) is 13.7 Å². The Morgan fingerprint density at radius 2 is 2.00 bits per heavy atom. The highest BCUT2D eigenvalue weighted by Crippen LogP contribution is 2.44. The Kier molecular flexibility index (Phi) is 3.38. The fourth-order valence-electron chi connectivity index (χ4n) is 2.88. The minimum Gasteiger partial charge on any atom is -0.496 e. The smallest absolute Gasteiger partial charge is 0.129 e. The molecule has 2 N–H and O–H groups in total. The molecule has 1 aromatic rings. The van der Waals surface area contributed by atoms with Crippen molar-refractivity contribution in [3.63, 3.8) is 0 Å². The molecule has 0 spiro atoms. The maximum atomic E-state index is 13.6. The largest absolute Gasteiger partial charge is 0.496 e. The lowest BCUT2D eigenvalue weighted by molar-refractivity contribution is 0.374. The van der Waals surface area contributed by atoms with E-state index < -0.39 is 0 Å². The molecule has 1 saturated carbocycles. The molecule has 3 heteroatoms. The van der Waals surface area contributed by atoms with Crippen molar-refractivity contribution >= 4 is 0 Å². The van der Waals surface area contributed by atoms with E-state index in [1.165, 1.54) is 18.9 Å². The summed E-state index contributed by atoms with van der Waals surface area (Å²) in [5.74, 6) is 0.427. The predicted octanol–water partition coefficient (Wildman–Crippen LogP) is 2.91. The molecule has 0 aromatic heterocycles. The van der Waals surface area contributed by atoms with Crippen molar-refractivity contribution in [3.05, 3.63) is 29.1 Å². The summed E-state index contributed by atoms with van der Waals surface area (Å²) in [5.41, 5.74) is 7.70. The fraction of sp³-hybridized carbons (Fsp3) is 0.571. The molecule has 2 nitrogen and oxygen atoms in total.